The first-order chi connectivity index (χ1) is 10.6. The molecule has 0 spiro atoms. The number of benzene rings is 2. The van der Waals surface area contributed by atoms with Crippen LogP contribution in [0, 0.1) is 20.8 Å². The van der Waals surface area contributed by atoms with Crippen LogP contribution in [-0.4, -0.2) is 15.0 Å². The van der Waals surface area contributed by atoms with Crippen molar-refractivity contribution < 1.29 is 0 Å². The van der Waals surface area contributed by atoms with Crippen LogP contribution >= 0.6 is 0 Å². The maximum absolute atomic E-state index is 5.85. The number of nitrogens with zero attached hydrogens (tertiary/aromatic N) is 3. The van der Waals surface area contributed by atoms with E-state index >= 15 is 0 Å². The van der Waals surface area contributed by atoms with E-state index in [2.05, 4.69) is 73.5 Å². The minimum Gasteiger partial charge on any atom is -0.325 e. The molecule has 1 aromatic heterocycles. The highest BCUT2D eigenvalue weighted by atomic mass is 15.4. The molecule has 2 N–H and O–H groups in total. The van der Waals surface area contributed by atoms with Crippen molar-refractivity contribution in [3.8, 4) is 16.9 Å². The van der Waals surface area contributed by atoms with Crippen molar-refractivity contribution in [1.82, 2.24) is 15.0 Å². The molecule has 2 aromatic carbocycles. The van der Waals surface area contributed by atoms with Crippen LogP contribution < -0.4 is 5.73 Å². The third-order valence-corrected chi connectivity index (χ3v) is 3.71. The minimum atomic E-state index is 0.369. The lowest BCUT2D eigenvalue weighted by molar-refractivity contribution is 0.798. The Balaban J connectivity index is 2.20. The van der Waals surface area contributed by atoms with Gasteiger partial charge in [-0.05, 0) is 44.0 Å². The molecule has 0 saturated carbocycles. The van der Waals surface area contributed by atoms with Gasteiger partial charge in [-0.1, -0.05) is 41.1 Å². The van der Waals surface area contributed by atoms with Crippen LogP contribution in [0.15, 0.2) is 42.5 Å². The van der Waals surface area contributed by atoms with Crippen molar-refractivity contribution in [3.05, 3.63) is 64.8 Å². The van der Waals surface area contributed by atoms with E-state index in [9.17, 15) is 0 Å². The second-order valence-corrected chi connectivity index (χ2v) is 5.71. The number of rotatable bonds is 3. The molecule has 0 bridgehead atoms. The van der Waals surface area contributed by atoms with Gasteiger partial charge in [0.2, 0.25) is 0 Å². The van der Waals surface area contributed by atoms with Gasteiger partial charge in [0.1, 0.15) is 5.69 Å². The van der Waals surface area contributed by atoms with E-state index in [0.717, 1.165) is 22.6 Å². The number of nitrogens with two attached hydrogens (primary N) is 1. The topological polar surface area (TPSA) is 56.7 Å². The van der Waals surface area contributed by atoms with Crippen LogP contribution in [0.1, 0.15) is 22.4 Å². The number of aromatic nitrogens is 3. The summed E-state index contributed by atoms with van der Waals surface area (Å²) in [6.45, 7) is 6.62. The lowest BCUT2D eigenvalue weighted by atomic mass is 10.1. The van der Waals surface area contributed by atoms with Gasteiger partial charge >= 0.3 is 0 Å². The molecule has 0 aliphatic rings. The van der Waals surface area contributed by atoms with Crippen molar-refractivity contribution in [3.63, 3.8) is 0 Å². The Kier molecular flexibility index (Phi) is 3.77. The van der Waals surface area contributed by atoms with Crippen LogP contribution in [-0.2, 0) is 6.54 Å². The van der Waals surface area contributed by atoms with E-state index in [1.807, 2.05) is 4.68 Å². The quantitative estimate of drug-likeness (QED) is 0.805. The summed E-state index contributed by atoms with van der Waals surface area (Å²) in [5.74, 6) is 0. The molecule has 0 radical (unpaired) electrons. The molecule has 22 heavy (non-hydrogen) atoms. The van der Waals surface area contributed by atoms with Gasteiger partial charge in [0.25, 0.3) is 0 Å². The molecular formula is C18H20N4. The normalized spacial score (nSPS) is 10.9. The monoisotopic (exact) mass is 292 g/mol. The maximum Gasteiger partial charge on any atom is 0.105 e. The van der Waals surface area contributed by atoms with Crippen molar-refractivity contribution in [2.45, 2.75) is 27.3 Å². The number of hydrogen-bond donors (Lipinski definition) is 1. The third kappa shape index (κ3) is 2.65. The zero-order valence-corrected chi connectivity index (χ0v) is 13.2. The number of hydrogen-bond acceptors (Lipinski definition) is 3. The molecule has 112 valence electrons. The largest absolute Gasteiger partial charge is 0.325 e. The van der Waals surface area contributed by atoms with Crippen molar-refractivity contribution in [2.24, 2.45) is 5.73 Å². The van der Waals surface area contributed by atoms with Crippen LogP contribution in [0.25, 0.3) is 16.9 Å². The summed E-state index contributed by atoms with van der Waals surface area (Å²) in [5.41, 5.74) is 13.4. The van der Waals surface area contributed by atoms with Crippen LogP contribution in [0.3, 0.4) is 0 Å². The molecule has 0 atom stereocenters. The van der Waals surface area contributed by atoms with E-state index in [0.29, 0.717) is 6.54 Å². The molecular weight excluding hydrogens is 272 g/mol. The van der Waals surface area contributed by atoms with Gasteiger partial charge < -0.3 is 5.73 Å². The summed E-state index contributed by atoms with van der Waals surface area (Å²) in [6.07, 6.45) is 0. The summed E-state index contributed by atoms with van der Waals surface area (Å²) in [4.78, 5) is 0. The van der Waals surface area contributed by atoms with Crippen molar-refractivity contribution in [1.29, 1.82) is 0 Å². The fourth-order valence-corrected chi connectivity index (χ4v) is 2.70. The summed E-state index contributed by atoms with van der Waals surface area (Å²) < 4.78 is 1.88. The molecule has 0 amide bonds. The van der Waals surface area contributed by atoms with Gasteiger partial charge in [0.05, 0.1) is 11.4 Å². The standard InChI is InChI=1S/C18H20N4/c1-12-4-6-15(7-5-12)18-17(11-19)20-21-22(18)16-9-13(2)8-14(3)10-16/h4-10H,11,19H2,1-3H3. The van der Waals surface area contributed by atoms with Crippen molar-refractivity contribution >= 4 is 0 Å². The zero-order chi connectivity index (χ0) is 15.7. The van der Waals surface area contributed by atoms with Gasteiger partial charge in [-0.3, -0.25) is 0 Å². The summed E-state index contributed by atoms with van der Waals surface area (Å²) >= 11 is 0. The fraction of sp³-hybridized carbons (Fsp3) is 0.222. The zero-order valence-electron chi connectivity index (χ0n) is 13.2. The molecule has 4 nitrogen and oxygen atoms in total. The van der Waals surface area contributed by atoms with Gasteiger partial charge in [0, 0.05) is 12.1 Å². The Morgan fingerprint density at radius 2 is 1.55 bits per heavy atom. The first-order valence-electron chi connectivity index (χ1n) is 7.39. The lowest BCUT2D eigenvalue weighted by Crippen LogP contribution is -2.03. The predicted molar refractivity (Wildman–Crippen MR) is 88.9 cm³/mol. The molecule has 4 heteroatoms. The van der Waals surface area contributed by atoms with Gasteiger partial charge in [0.15, 0.2) is 0 Å². The highest BCUT2D eigenvalue weighted by molar-refractivity contribution is 5.65. The molecule has 0 saturated heterocycles. The third-order valence-electron chi connectivity index (χ3n) is 3.71. The SMILES string of the molecule is Cc1ccc(-c2c(CN)nnn2-c2cc(C)cc(C)c2)cc1. The Bertz CT molecular complexity index is 780. The number of aryl methyl sites for hydroxylation is 3. The van der Waals surface area contributed by atoms with Crippen LogP contribution in [0.2, 0.25) is 0 Å². The van der Waals surface area contributed by atoms with E-state index < -0.39 is 0 Å². The van der Waals surface area contributed by atoms with E-state index in [-0.39, 0.29) is 0 Å². The highest BCUT2D eigenvalue weighted by Gasteiger charge is 2.15. The fourth-order valence-electron chi connectivity index (χ4n) is 2.70. The Labute approximate surface area is 130 Å². The summed E-state index contributed by atoms with van der Waals surface area (Å²) in [5, 5.41) is 8.58. The molecule has 3 rings (SSSR count). The summed E-state index contributed by atoms with van der Waals surface area (Å²) in [6, 6.07) is 14.7. The van der Waals surface area contributed by atoms with Gasteiger partial charge in [-0.15, -0.1) is 5.10 Å². The smallest absolute Gasteiger partial charge is 0.105 e. The van der Waals surface area contributed by atoms with E-state index in [1.54, 1.807) is 0 Å². The highest BCUT2D eigenvalue weighted by Crippen LogP contribution is 2.26. The van der Waals surface area contributed by atoms with Gasteiger partial charge in [-0.25, -0.2) is 4.68 Å². The van der Waals surface area contributed by atoms with Crippen molar-refractivity contribution in [2.75, 3.05) is 0 Å². The average molecular weight is 292 g/mol. The Morgan fingerprint density at radius 3 is 2.14 bits per heavy atom. The second-order valence-electron chi connectivity index (χ2n) is 5.71. The van der Waals surface area contributed by atoms with Crippen LogP contribution in [0.5, 0.6) is 0 Å². The molecule has 0 unspecified atom stereocenters. The Morgan fingerprint density at radius 1 is 0.909 bits per heavy atom. The first kappa shape index (κ1) is 14.5. The first-order valence-corrected chi connectivity index (χ1v) is 7.39. The molecule has 0 aliphatic carbocycles. The lowest BCUT2D eigenvalue weighted by Gasteiger charge is -2.10. The van der Waals surface area contributed by atoms with Gasteiger partial charge in [-0.2, -0.15) is 0 Å². The summed E-state index contributed by atoms with van der Waals surface area (Å²) in [7, 11) is 0. The van der Waals surface area contributed by atoms with E-state index in [1.165, 1.54) is 16.7 Å². The maximum atomic E-state index is 5.85. The van der Waals surface area contributed by atoms with Crippen LogP contribution in [0.4, 0.5) is 0 Å². The molecule has 3 aromatic rings. The minimum absolute atomic E-state index is 0.369. The molecule has 0 fully saturated rings. The molecule has 1 heterocycles. The molecule has 0 aliphatic heterocycles. The Hall–Kier alpha value is -2.46. The van der Waals surface area contributed by atoms with E-state index in [4.69, 9.17) is 5.73 Å². The average Bonchev–Trinajstić information content (AvgIpc) is 2.91. The second kappa shape index (κ2) is 5.73. The predicted octanol–water partition coefficient (Wildman–Crippen LogP) is 3.32.